The summed E-state index contributed by atoms with van der Waals surface area (Å²) in [6.45, 7) is 6.23. The van der Waals surface area contributed by atoms with E-state index in [9.17, 15) is 5.11 Å². The molecule has 0 saturated carbocycles. The number of rotatable bonds is 8. The van der Waals surface area contributed by atoms with Gasteiger partial charge in [-0.3, -0.25) is 0 Å². The third-order valence-electron chi connectivity index (χ3n) is 2.95. The number of unbranched alkanes of at least 4 members (excludes halogenated alkanes) is 1. The van der Waals surface area contributed by atoms with Crippen LogP contribution in [0.3, 0.4) is 0 Å². The fourth-order valence-corrected chi connectivity index (χ4v) is 1.94. The van der Waals surface area contributed by atoms with Crippen LogP contribution in [0.25, 0.3) is 0 Å². The zero-order valence-corrected chi connectivity index (χ0v) is 11.1. The van der Waals surface area contributed by atoms with Crippen molar-refractivity contribution < 1.29 is 5.11 Å². The number of anilines is 1. The molecule has 1 atom stereocenters. The van der Waals surface area contributed by atoms with Gasteiger partial charge in [-0.05, 0) is 38.3 Å². The Bertz CT molecular complexity index is 284. The Morgan fingerprint density at radius 2 is 1.76 bits per heavy atom. The van der Waals surface area contributed by atoms with Gasteiger partial charge >= 0.3 is 0 Å². The van der Waals surface area contributed by atoms with Gasteiger partial charge in [0.15, 0.2) is 0 Å². The van der Waals surface area contributed by atoms with E-state index >= 15 is 0 Å². The predicted molar refractivity (Wildman–Crippen MR) is 74.5 cm³/mol. The minimum Gasteiger partial charge on any atom is -0.393 e. The number of hydrogen-bond donors (Lipinski definition) is 1. The molecule has 1 N–H and O–H groups in total. The first-order chi connectivity index (χ1) is 8.24. The summed E-state index contributed by atoms with van der Waals surface area (Å²) in [7, 11) is 0. The smallest absolute Gasteiger partial charge is 0.0512 e. The van der Waals surface area contributed by atoms with E-state index in [4.69, 9.17) is 0 Å². The van der Waals surface area contributed by atoms with E-state index in [1.165, 1.54) is 18.5 Å². The maximum atomic E-state index is 9.29. The zero-order valence-electron chi connectivity index (χ0n) is 11.1. The maximum Gasteiger partial charge on any atom is 0.0512 e. The van der Waals surface area contributed by atoms with Gasteiger partial charge in [-0.2, -0.15) is 0 Å². The SMILES string of the molecule is CCCCN(CCCC(C)O)c1ccccc1. The highest BCUT2D eigenvalue weighted by atomic mass is 16.3. The zero-order chi connectivity index (χ0) is 12.5. The highest BCUT2D eigenvalue weighted by Crippen LogP contribution is 2.15. The van der Waals surface area contributed by atoms with Crippen LogP contribution in [0.15, 0.2) is 30.3 Å². The Kier molecular flexibility index (Phi) is 6.71. The van der Waals surface area contributed by atoms with Crippen LogP contribution in [0.4, 0.5) is 5.69 Å². The van der Waals surface area contributed by atoms with Crippen LogP contribution >= 0.6 is 0 Å². The average Bonchev–Trinajstić information content (AvgIpc) is 2.34. The van der Waals surface area contributed by atoms with Crippen molar-refractivity contribution in [2.75, 3.05) is 18.0 Å². The van der Waals surface area contributed by atoms with Gasteiger partial charge in [0.05, 0.1) is 6.10 Å². The highest BCUT2D eigenvalue weighted by molar-refractivity contribution is 5.45. The lowest BCUT2D eigenvalue weighted by atomic mass is 10.2. The van der Waals surface area contributed by atoms with Gasteiger partial charge in [0.2, 0.25) is 0 Å². The molecule has 2 nitrogen and oxygen atoms in total. The van der Waals surface area contributed by atoms with Crippen LogP contribution in [0.1, 0.15) is 39.5 Å². The molecule has 0 aliphatic rings. The lowest BCUT2D eigenvalue weighted by molar-refractivity contribution is 0.182. The Morgan fingerprint density at radius 3 is 2.35 bits per heavy atom. The summed E-state index contributed by atoms with van der Waals surface area (Å²) in [5.74, 6) is 0. The third kappa shape index (κ3) is 5.73. The van der Waals surface area contributed by atoms with E-state index in [0.717, 1.165) is 25.9 Å². The van der Waals surface area contributed by atoms with Crippen LogP contribution in [0.2, 0.25) is 0 Å². The van der Waals surface area contributed by atoms with E-state index < -0.39 is 0 Å². The second kappa shape index (κ2) is 8.13. The molecule has 0 aliphatic heterocycles. The van der Waals surface area contributed by atoms with Crippen molar-refractivity contribution in [1.29, 1.82) is 0 Å². The summed E-state index contributed by atoms with van der Waals surface area (Å²) in [4.78, 5) is 2.42. The Balaban J connectivity index is 2.48. The van der Waals surface area contributed by atoms with E-state index in [1.54, 1.807) is 0 Å². The van der Waals surface area contributed by atoms with Crippen LogP contribution in [-0.4, -0.2) is 24.3 Å². The Hall–Kier alpha value is -1.02. The van der Waals surface area contributed by atoms with Crippen molar-refractivity contribution in [2.45, 2.75) is 45.6 Å². The topological polar surface area (TPSA) is 23.5 Å². The van der Waals surface area contributed by atoms with E-state index in [2.05, 4.69) is 42.2 Å². The number of hydrogen-bond acceptors (Lipinski definition) is 2. The van der Waals surface area contributed by atoms with Gasteiger partial charge < -0.3 is 10.0 Å². The first-order valence-electron chi connectivity index (χ1n) is 6.72. The van der Waals surface area contributed by atoms with Gasteiger partial charge in [-0.25, -0.2) is 0 Å². The molecule has 1 aromatic carbocycles. The number of nitrogens with zero attached hydrogens (tertiary/aromatic N) is 1. The molecule has 96 valence electrons. The number of para-hydroxylation sites is 1. The molecule has 0 amide bonds. The molecule has 2 heteroatoms. The minimum absolute atomic E-state index is 0.182. The second-order valence-electron chi connectivity index (χ2n) is 4.67. The van der Waals surface area contributed by atoms with E-state index in [-0.39, 0.29) is 6.10 Å². The van der Waals surface area contributed by atoms with Crippen molar-refractivity contribution >= 4 is 5.69 Å². The standard InChI is InChI=1S/C15H25NO/c1-3-4-12-16(13-8-9-14(2)17)15-10-6-5-7-11-15/h5-7,10-11,14,17H,3-4,8-9,12-13H2,1-2H3. The fraction of sp³-hybridized carbons (Fsp3) is 0.600. The van der Waals surface area contributed by atoms with Crippen LogP contribution < -0.4 is 4.90 Å². The average molecular weight is 235 g/mol. The molecule has 1 unspecified atom stereocenters. The Morgan fingerprint density at radius 1 is 1.12 bits per heavy atom. The molecular formula is C15H25NO. The van der Waals surface area contributed by atoms with Crippen molar-refractivity contribution in [2.24, 2.45) is 0 Å². The number of benzene rings is 1. The molecule has 0 aromatic heterocycles. The quantitative estimate of drug-likeness (QED) is 0.746. The molecule has 1 rings (SSSR count). The summed E-state index contributed by atoms with van der Waals surface area (Å²) in [5.41, 5.74) is 1.30. The first kappa shape index (κ1) is 14.0. The fourth-order valence-electron chi connectivity index (χ4n) is 1.94. The molecule has 0 bridgehead atoms. The van der Waals surface area contributed by atoms with E-state index in [1.807, 2.05) is 6.92 Å². The van der Waals surface area contributed by atoms with Gasteiger partial charge in [-0.1, -0.05) is 31.5 Å². The van der Waals surface area contributed by atoms with Gasteiger partial charge in [0.1, 0.15) is 0 Å². The lowest BCUT2D eigenvalue weighted by Crippen LogP contribution is -2.26. The van der Waals surface area contributed by atoms with Crippen molar-refractivity contribution in [3.63, 3.8) is 0 Å². The van der Waals surface area contributed by atoms with Crippen LogP contribution in [-0.2, 0) is 0 Å². The second-order valence-corrected chi connectivity index (χ2v) is 4.67. The molecule has 0 fully saturated rings. The molecule has 0 aliphatic carbocycles. The Labute approximate surface area is 105 Å². The number of aliphatic hydroxyl groups is 1. The molecule has 1 aromatic rings. The summed E-state index contributed by atoms with van der Waals surface area (Å²) >= 11 is 0. The third-order valence-corrected chi connectivity index (χ3v) is 2.95. The van der Waals surface area contributed by atoms with Crippen molar-refractivity contribution in [3.8, 4) is 0 Å². The molecule has 0 saturated heterocycles. The summed E-state index contributed by atoms with van der Waals surface area (Å²) in [6.07, 6.45) is 4.20. The van der Waals surface area contributed by atoms with Crippen molar-refractivity contribution in [3.05, 3.63) is 30.3 Å². The highest BCUT2D eigenvalue weighted by Gasteiger charge is 2.05. The predicted octanol–water partition coefficient (Wildman–Crippen LogP) is 3.45. The lowest BCUT2D eigenvalue weighted by Gasteiger charge is -2.25. The molecule has 0 spiro atoms. The monoisotopic (exact) mass is 235 g/mol. The largest absolute Gasteiger partial charge is 0.393 e. The minimum atomic E-state index is -0.182. The molecule has 0 radical (unpaired) electrons. The molecule has 17 heavy (non-hydrogen) atoms. The summed E-state index contributed by atoms with van der Waals surface area (Å²) in [6, 6.07) is 10.6. The van der Waals surface area contributed by atoms with Gasteiger partial charge in [0, 0.05) is 18.8 Å². The molecule has 0 heterocycles. The first-order valence-corrected chi connectivity index (χ1v) is 6.72. The maximum absolute atomic E-state index is 9.29. The van der Waals surface area contributed by atoms with Gasteiger partial charge in [-0.15, -0.1) is 0 Å². The van der Waals surface area contributed by atoms with Crippen LogP contribution in [0.5, 0.6) is 0 Å². The summed E-state index contributed by atoms with van der Waals surface area (Å²) < 4.78 is 0. The van der Waals surface area contributed by atoms with Gasteiger partial charge in [0.25, 0.3) is 0 Å². The van der Waals surface area contributed by atoms with Crippen molar-refractivity contribution in [1.82, 2.24) is 0 Å². The van der Waals surface area contributed by atoms with E-state index in [0.29, 0.717) is 0 Å². The van der Waals surface area contributed by atoms with Crippen LogP contribution in [0, 0.1) is 0 Å². The normalized spacial score (nSPS) is 12.4. The summed E-state index contributed by atoms with van der Waals surface area (Å²) in [5, 5.41) is 9.29. The number of aliphatic hydroxyl groups excluding tert-OH is 1. The molecular weight excluding hydrogens is 210 g/mol.